The number of benzene rings is 1. The van der Waals surface area contributed by atoms with E-state index in [4.69, 9.17) is 11.6 Å². The molecule has 0 aliphatic carbocycles. The molecule has 1 aliphatic heterocycles. The largest absolute Gasteiger partial charge is 0.405 e. The third kappa shape index (κ3) is 6.02. The van der Waals surface area contributed by atoms with Crippen molar-refractivity contribution in [2.75, 3.05) is 18.4 Å². The number of piperidine rings is 1. The molecule has 0 saturated carbocycles. The molecule has 9 heteroatoms. The Morgan fingerprint density at radius 1 is 1.22 bits per heavy atom. The molecule has 0 aromatic heterocycles. The molecule has 2 amide bonds. The summed E-state index contributed by atoms with van der Waals surface area (Å²) in [6.07, 6.45) is -1.62. The van der Waals surface area contributed by atoms with Crippen molar-refractivity contribution in [1.82, 2.24) is 10.2 Å². The molecule has 2 atom stereocenters. The van der Waals surface area contributed by atoms with Gasteiger partial charge in [0.15, 0.2) is 0 Å². The van der Waals surface area contributed by atoms with E-state index in [9.17, 15) is 22.8 Å². The average molecular weight is 406 g/mol. The second-order valence-electron chi connectivity index (χ2n) is 6.78. The Labute approximate surface area is 161 Å². The number of likely N-dealkylation sites (tertiary alicyclic amines) is 1. The summed E-state index contributed by atoms with van der Waals surface area (Å²) in [7, 11) is 0. The molecule has 27 heavy (non-hydrogen) atoms. The van der Waals surface area contributed by atoms with Gasteiger partial charge in [0.1, 0.15) is 6.54 Å². The van der Waals surface area contributed by atoms with Crippen LogP contribution in [0, 0.1) is 0 Å². The Morgan fingerprint density at radius 3 is 2.44 bits per heavy atom. The van der Waals surface area contributed by atoms with Crippen molar-refractivity contribution in [3.8, 4) is 0 Å². The van der Waals surface area contributed by atoms with Gasteiger partial charge in [0.25, 0.3) is 5.91 Å². The second kappa shape index (κ2) is 8.82. The van der Waals surface area contributed by atoms with Crippen LogP contribution >= 0.6 is 11.6 Å². The fourth-order valence-electron chi connectivity index (χ4n) is 3.25. The summed E-state index contributed by atoms with van der Waals surface area (Å²) >= 11 is 6.03. The van der Waals surface area contributed by atoms with Crippen molar-refractivity contribution in [3.05, 3.63) is 28.8 Å². The van der Waals surface area contributed by atoms with Crippen LogP contribution in [0.1, 0.15) is 43.5 Å². The number of carbonyl (C=O) groups is 2. The van der Waals surface area contributed by atoms with Crippen LogP contribution in [0.15, 0.2) is 18.2 Å². The molecule has 2 rings (SSSR count). The lowest BCUT2D eigenvalue weighted by Crippen LogP contribution is -2.47. The maximum atomic E-state index is 13.1. The summed E-state index contributed by atoms with van der Waals surface area (Å²) in [6, 6.07) is 4.75. The van der Waals surface area contributed by atoms with Crippen LogP contribution in [-0.2, 0) is 4.79 Å². The zero-order valence-corrected chi connectivity index (χ0v) is 16.0. The number of hydrogen-bond donors (Lipinski definition) is 2. The highest BCUT2D eigenvalue weighted by Gasteiger charge is 2.31. The van der Waals surface area contributed by atoms with Crippen LogP contribution in [0.25, 0.3) is 0 Å². The monoisotopic (exact) mass is 405 g/mol. The predicted octanol–water partition coefficient (Wildman–Crippen LogP) is 3.83. The van der Waals surface area contributed by atoms with Crippen molar-refractivity contribution in [1.29, 1.82) is 0 Å². The van der Waals surface area contributed by atoms with E-state index in [2.05, 4.69) is 5.32 Å². The van der Waals surface area contributed by atoms with Crippen molar-refractivity contribution in [2.45, 2.75) is 51.4 Å². The van der Waals surface area contributed by atoms with Gasteiger partial charge < -0.3 is 15.5 Å². The van der Waals surface area contributed by atoms with Crippen LogP contribution in [0.5, 0.6) is 0 Å². The van der Waals surface area contributed by atoms with Gasteiger partial charge in [-0.3, -0.25) is 9.59 Å². The summed E-state index contributed by atoms with van der Waals surface area (Å²) < 4.78 is 36.5. The molecule has 0 spiro atoms. The van der Waals surface area contributed by atoms with Gasteiger partial charge in [-0.1, -0.05) is 11.6 Å². The van der Waals surface area contributed by atoms with Crippen molar-refractivity contribution < 1.29 is 22.8 Å². The molecule has 1 fully saturated rings. The molecule has 2 N–H and O–H groups in total. The molecular weight excluding hydrogens is 383 g/mol. The number of rotatable bonds is 5. The number of nitrogens with zero attached hydrogens (tertiary/aromatic N) is 1. The Kier molecular flexibility index (Phi) is 6.97. The number of nitrogens with one attached hydrogen (secondary N) is 2. The lowest BCUT2D eigenvalue weighted by molar-refractivity contribution is -0.137. The topological polar surface area (TPSA) is 61.4 Å². The van der Waals surface area contributed by atoms with Crippen molar-refractivity contribution >= 4 is 29.1 Å². The van der Waals surface area contributed by atoms with Gasteiger partial charge in [-0.15, -0.1) is 0 Å². The number of halogens is 4. The van der Waals surface area contributed by atoms with E-state index in [1.165, 1.54) is 6.07 Å². The first-order chi connectivity index (χ1) is 12.6. The van der Waals surface area contributed by atoms with Gasteiger partial charge in [0, 0.05) is 22.8 Å². The number of alkyl halides is 3. The Hall–Kier alpha value is -1.96. The van der Waals surface area contributed by atoms with E-state index in [0.29, 0.717) is 16.3 Å². The van der Waals surface area contributed by atoms with Crippen LogP contribution in [0.3, 0.4) is 0 Å². The van der Waals surface area contributed by atoms with E-state index in [1.54, 1.807) is 22.3 Å². The fraction of sp³-hybridized carbons (Fsp3) is 0.556. The Bertz CT molecular complexity index is 687. The molecule has 0 radical (unpaired) electrons. The number of carbonyl (C=O) groups excluding carboxylic acids is 2. The lowest BCUT2D eigenvalue weighted by Gasteiger charge is -2.39. The smallest absolute Gasteiger partial charge is 0.376 e. The van der Waals surface area contributed by atoms with Crippen LogP contribution in [0.2, 0.25) is 5.02 Å². The molecule has 1 heterocycles. The first kappa shape index (κ1) is 21.3. The average Bonchev–Trinajstić information content (AvgIpc) is 2.58. The summed E-state index contributed by atoms with van der Waals surface area (Å²) in [5, 5.41) is 4.89. The fourth-order valence-corrected chi connectivity index (χ4v) is 3.42. The van der Waals surface area contributed by atoms with E-state index in [-0.39, 0.29) is 24.5 Å². The van der Waals surface area contributed by atoms with Crippen molar-refractivity contribution in [3.63, 3.8) is 0 Å². The molecule has 0 bridgehead atoms. The summed E-state index contributed by atoms with van der Waals surface area (Å²) in [5.74, 6) is -1.03. The quantitative estimate of drug-likeness (QED) is 0.782. The van der Waals surface area contributed by atoms with E-state index >= 15 is 0 Å². The highest BCUT2D eigenvalue weighted by Crippen LogP contribution is 2.28. The summed E-state index contributed by atoms with van der Waals surface area (Å²) in [5.41, 5.74) is 0.656. The molecule has 5 nitrogen and oxygen atoms in total. The summed E-state index contributed by atoms with van der Waals surface area (Å²) in [6.45, 7) is 2.18. The highest BCUT2D eigenvalue weighted by atomic mass is 35.5. The second-order valence-corrected chi connectivity index (χ2v) is 7.21. The van der Waals surface area contributed by atoms with Gasteiger partial charge >= 0.3 is 6.18 Å². The normalized spacial score (nSPS) is 20.3. The molecule has 1 aromatic rings. The standard InChI is InChI=1S/C18H23ClF3N3O2/c1-11-4-3-5-12(2)25(11)17(27)14-8-13(19)6-7-15(14)23-9-16(26)24-10-18(20,21)22/h6-8,11-12,23H,3-5,9-10H2,1-2H3,(H,24,26). The first-order valence-electron chi connectivity index (χ1n) is 8.78. The lowest BCUT2D eigenvalue weighted by atomic mass is 9.96. The molecule has 1 aromatic carbocycles. The predicted molar refractivity (Wildman–Crippen MR) is 98.0 cm³/mol. The molecule has 1 aliphatic rings. The van der Waals surface area contributed by atoms with Gasteiger partial charge in [0.2, 0.25) is 5.91 Å². The zero-order valence-electron chi connectivity index (χ0n) is 15.2. The minimum atomic E-state index is -4.47. The SMILES string of the molecule is CC1CCCC(C)N1C(=O)c1cc(Cl)ccc1NCC(=O)NCC(F)(F)F. The molecule has 2 unspecified atom stereocenters. The minimum absolute atomic E-state index is 0.0724. The third-order valence-corrected chi connectivity index (χ3v) is 4.80. The summed E-state index contributed by atoms with van der Waals surface area (Å²) in [4.78, 5) is 26.5. The first-order valence-corrected chi connectivity index (χ1v) is 9.16. The van der Waals surface area contributed by atoms with Gasteiger partial charge in [-0.2, -0.15) is 13.2 Å². The van der Waals surface area contributed by atoms with Crippen LogP contribution < -0.4 is 10.6 Å². The van der Waals surface area contributed by atoms with Gasteiger partial charge in [-0.05, 0) is 51.3 Å². The molecule has 1 saturated heterocycles. The van der Waals surface area contributed by atoms with Gasteiger partial charge in [0.05, 0.1) is 12.1 Å². The van der Waals surface area contributed by atoms with E-state index < -0.39 is 18.6 Å². The Morgan fingerprint density at radius 2 is 1.85 bits per heavy atom. The minimum Gasteiger partial charge on any atom is -0.376 e. The molecule has 150 valence electrons. The highest BCUT2D eigenvalue weighted by molar-refractivity contribution is 6.31. The van der Waals surface area contributed by atoms with Crippen LogP contribution in [-0.4, -0.2) is 48.1 Å². The van der Waals surface area contributed by atoms with E-state index in [1.807, 2.05) is 13.8 Å². The number of hydrogen-bond acceptors (Lipinski definition) is 3. The molecular formula is C18H23ClF3N3O2. The maximum Gasteiger partial charge on any atom is 0.405 e. The van der Waals surface area contributed by atoms with Crippen LogP contribution in [0.4, 0.5) is 18.9 Å². The maximum absolute atomic E-state index is 13.1. The number of amides is 2. The van der Waals surface area contributed by atoms with Gasteiger partial charge in [-0.25, -0.2) is 0 Å². The third-order valence-electron chi connectivity index (χ3n) is 4.57. The number of anilines is 1. The van der Waals surface area contributed by atoms with Crippen molar-refractivity contribution in [2.24, 2.45) is 0 Å². The Balaban J connectivity index is 2.12. The zero-order chi connectivity index (χ0) is 20.2. The van der Waals surface area contributed by atoms with E-state index in [0.717, 1.165) is 19.3 Å².